The Hall–Kier alpha value is -2.37. The maximum Gasteiger partial charge on any atom is 0.356 e. The van der Waals surface area contributed by atoms with Crippen LogP contribution in [0.25, 0.3) is 0 Å². The molecule has 0 atom stereocenters. The number of nitrogens with zero attached hydrogens (tertiary/aromatic N) is 3. The predicted molar refractivity (Wildman–Crippen MR) is 66.6 cm³/mol. The molecule has 0 unspecified atom stereocenters. The van der Waals surface area contributed by atoms with Crippen molar-refractivity contribution in [2.24, 2.45) is 0 Å². The van der Waals surface area contributed by atoms with Gasteiger partial charge in [-0.2, -0.15) is 5.10 Å². The summed E-state index contributed by atoms with van der Waals surface area (Å²) in [5.41, 5.74) is 1.84. The molecule has 1 N–H and O–H groups in total. The third-order valence-electron chi connectivity index (χ3n) is 3.21. The van der Waals surface area contributed by atoms with Gasteiger partial charge in [0.1, 0.15) is 5.82 Å². The third-order valence-corrected chi connectivity index (χ3v) is 3.21. The van der Waals surface area contributed by atoms with Gasteiger partial charge in [-0.15, -0.1) is 0 Å². The van der Waals surface area contributed by atoms with Crippen LogP contribution in [0.15, 0.2) is 30.3 Å². The number of carboxylic acid groups (broad SMARTS) is 1. The minimum absolute atomic E-state index is 0.0657. The molecule has 2 heterocycles. The molecule has 0 aliphatic carbocycles. The van der Waals surface area contributed by atoms with Crippen LogP contribution in [0, 0.1) is 5.82 Å². The summed E-state index contributed by atoms with van der Waals surface area (Å²) in [5.74, 6) is -1.28. The third kappa shape index (κ3) is 2.16. The molecule has 19 heavy (non-hydrogen) atoms. The number of fused-ring (bicyclic) bond motifs is 1. The number of aromatic nitrogens is 2. The summed E-state index contributed by atoms with van der Waals surface area (Å²) in [4.78, 5) is 12.9. The zero-order valence-corrected chi connectivity index (χ0v) is 10.1. The van der Waals surface area contributed by atoms with Crippen LogP contribution in [-0.4, -0.2) is 27.4 Å². The van der Waals surface area contributed by atoms with Gasteiger partial charge in [-0.05, 0) is 30.3 Å². The lowest BCUT2D eigenvalue weighted by Crippen LogP contribution is -2.33. The first-order valence-electron chi connectivity index (χ1n) is 5.94. The highest BCUT2D eigenvalue weighted by molar-refractivity contribution is 5.85. The lowest BCUT2D eigenvalue weighted by atomic mass is 10.2. The lowest BCUT2D eigenvalue weighted by Gasteiger charge is -2.29. The van der Waals surface area contributed by atoms with E-state index < -0.39 is 5.97 Å². The molecule has 6 heteroatoms. The number of benzene rings is 1. The molecule has 1 aromatic carbocycles. The van der Waals surface area contributed by atoms with Gasteiger partial charge in [-0.3, -0.25) is 4.68 Å². The van der Waals surface area contributed by atoms with Crippen LogP contribution in [0.2, 0.25) is 0 Å². The van der Waals surface area contributed by atoms with Crippen molar-refractivity contribution < 1.29 is 14.3 Å². The Morgan fingerprint density at radius 2 is 2.00 bits per heavy atom. The number of hydrogen-bond donors (Lipinski definition) is 1. The van der Waals surface area contributed by atoms with E-state index in [9.17, 15) is 9.18 Å². The zero-order chi connectivity index (χ0) is 13.4. The van der Waals surface area contributed by atoms with Crippen molar-refractivity contribution >= 4 is 11.7 Å². The average Bonchev–Trinajstić information content (AvgIpc) is 2.82. The smallest absolute Gasteiger partial charge is 0.356 e. The summed E-state index contributed by atoms with van der Waals surface area (Å²) in [6.45, 7) is 1.92. The Bertz CT molecular complexity index is 621. The number of anilines is 1. The van der Waals surface area contributed by atoms with Crippen LogP contribution in [0.3, 0.4) is 0 Å². The van der Waals surface area contributed by atoms with E-state index in [1.807, 2.05) is 0 Å². The van der Waals surface area contributed by atoms with Gasteiger partial charge in [0.05, 0.1) is 18.8 Å². The summed E-state index contributed by atoms with van der Waals surface area (Å²) in [6, 6.07) is 7.87. The molecule has 0 spiro atoms. The second kappa shape index (κ2) is 4.38. The van der Waals surface area contributed by atoms with E-state index in [2.05, 4.69) is 10.00 Å². The summed E-state index contributed by atoms with van der Waals surface area (Å²) in [6.07, 6.45) is 0. The minimum atomic E-state index is -1.02. The molecule has 5 nitrogen and oxygen atoms in total. The molecular formula is C13H12FN3O2. The number of hydrogen-bond acceptors (Lipinski definition) is 3. The first kappa shape index (κ1) is 11.7. The van der Waals surface area contributed by atoms with Crippen molar-refractivity contribution in [1.29, 1.82) is 0 Å². The first-order valence-corrected chi connectivity index (χ1v) is 5.94. The van der Waals surface area contributed by atoms with Crippen molar-refractivity contribution in [2.45, 2.75) is 13.1 Å². The minimum Gasteiger partial charge on any atom is -0.476 e. The molecule has 1 aromatic heterocycles. The first-order chi connectivity index (χ1) is 9.13. The normalized spacial score (nSPS) is 14.3. The van der Waals surface area contributed by atoms with Gasteiger partial charge in [0.2, 0.25) is 0 Å². The molecule has 1 aliphatic heterocycles. The lowest BCUT2D eigenvalue weighted by molar-refractivity contribution is 0.0689. The highest BCUT2D eigenvalue weighted by Crippen LogP contribution is 2.21. The van der Waals surface area contributed by atoms with E-state index in [1.165, 1.54) is 12.1 Å². The van der Waals surface area contributed by atoms with Gasteiger partial charge in [0.15, 0.2) is 5.69 Å². The largest absolute Gasteiger partial charge is 0.476 e. The number of aromatic carboxylic acids is 1. The Morgan fingerprint density at radius 3 is 2.68 bits per heavy atom. The van der Waals surface area contributed by atoms with E-state index in [1.54, 1.807) is 22.9 Å². The molecule has 98 valence electrons. The number of carboxylic acids is 1. The topological polar surface area (TPSA) is 58.4 Å². The molecule has 3 rings (SSSR count). The van der Waals surface area contributed by atoms with Crippen LogP contribution in [0.4, 0.5) is 10.1 Å². The monoisotopic (exact) mass is 261 g/mol. The van der Waals surface area contributed by atoms with Crippen molar-refractivity contribution in [3.63, 3.8) is 0 Å². The molecule has 0 saturated carbocycles. The highest BCUT2D eigenvalue weighted by atomic mass is 19.1. The van der Waals surface area contributed by atoms with Crippen LogP contribution in [-0.2, 0) is 13.1 Å². The van der Waals surface area contributed by atoms with E-state index >= 15 is 0 Å². The van der Waals surface area contributed by atoms with Gasteiger partial charge in [-0.1, -0.05) is 0 Å². The average molecular weight is 261 g/mol. The molecule has 0 fully saturated rings. The number of halogens is 1. The van der Waals surface area contributed by atoms with E-state index in [-0.39, 0.29) is 11.5 Å². The van der Waals surface area contributed by atoms with Gasteiger partial charge >= 0.3 is 5.97 Å². The van der Waals surface area contributed by atoms with Crippen molar-refractivity contribution in [2.75, 3.05) is 11.4 Å². The standard InChI is InChI=1S/C13H12FN3O2/c14-9-1-3-10(4-2-9)16-5-6-17-11(8-16)7-12(15-17)13(18)19/h1-4,7H,5-6,8H2,(H,18,19). The van der Waals surface area contributed by atoms with Crippen LogP contribution >= 0.6 is 0 Å². The molecule has 1 aliphatic rings. The van der Waals surface area contributed by atoms with Crippen molar-refractivity contribution in [1.82, 2.24) is 9.78 Å². The quantitative estimate of drug-likeness (QED) is 0.894. The highest BCUT2D eigenvalue weighted by Gasteiger charge is 2.20. The number of rotatable bonds is 2. The van der Waals surface area contributed by atoms with Gasteiger partial charge in [0, 0.05) is 12.2 Å². The summed E-state index contributed by atoms with van der Waals surface area (Å²) in [5, 5.41) is 12.9. The molecule has 0 saturated heterocycles. The second-order valence-electron chi connectivity index (χ2n) is 4.45. The predicted octanol–water partition coefficient (Wildman–Crippen LogP) is 1.74. The van der Waals surface area contributed by atoms with E-state index in [0.717, 1.165) is 17.9 Å². The molecule has 0 radical (unpaired) electrons. The molecule has 2 aromatic rings. The van der Waals surface area contributed by atoms with Crippen LogP contribution in [0.5, 0.6) is 0 Å². The Balaban J connectivity index is 1.85. The summed E-state index contributed by atoms with van der Waals surface area (Å²) < 4.78 is 14.6. The zero-order valence-electron chi connectivity index (χ0n) is 10.1. The molecule has 0 bridgehead atoms. The fraction of sp³-hybridized carbons (Fsp3) is 0.231. The maximum absolute atomic E-state index is 12.9. The van der Waals surface area contributed by atoms with E-state index in [0.29, 0.717) is 13.1 Å². The van der Waals surface area contributed by atoms with Gasteiger partial charge in [-0.25, -0.2) is 9.18 Å². The van der Waals surface area contributed by atoms with Crippen LogP contribution in [0.1, 0.15) is 16.2 Å². The fourth-order valence-corrected chi connectivity index (χ4v) is 2.24. The Kier molecular flexibility index (Phi) is 2.70. The Labute approximate surface area is 108 Å². The number of carbonyl (C=O) groups is 1. The van der Waals surface area contributed by atoms with E-state index in [4.69, 9.17) is 5.11 Å². The molecule has 0 amide bonds. The van der Waals surface area contributed by atoms with Crippen molar-refractivity contribution in [3.05, 3.63) is 47.5 Å². The summed E-state index contributed by atoms with van der Waals surface area (Å²) >= 11 is 0. The van der Waals surface area contributed by atoms with Gasteiger partial charge in [0.25, 0.3) is 0 Å². The summed E-state index contributed by atoms with van der Waals surface area (Å²) in [7, 11) is 0. The van der Waals surface area contributed by atoms with Gasteiger partial charge < -0.3 is 10.0 Å². The maximum atomic E-state index is 12.9. The van der Waals surface area contributed by atoms with Crippen molar-refractivity contribution in [3.8, 4) is 0 Å². The van der Waals surface area contributed by atoms with Crippen LogP contribution < -0.4 is 4.90 Å². The SMILES string of the molecule is O=C(O)c1cc2n(n1)CCN(c1ccc(F)cc1)C2. The second-order valence-corrected chi connectivity index (χ2v) is 4.45. The fourth-order valence-electron chi connectivity index (χ4n) is 2.24. The Morgan fingerprint density at radius 1 is 1.26 bits per heavy atom. The molecular weight excluding hydrogens is 249 g/mol.